The van der Waals surface area contributed by atoms with Crippen molar-refractivity contribution in [2.24, 2.45) is 0 Å². The maximum absolute atomic E-state index is 13.1. The van der Waals surface area contributed by atoms with Crippen molar-refractivity contribution >= 4 is 5.97 Å². The molecule has 0 aromatic rings. The van der Waals surface area contributed by atoms with Crippen molar-refractivity contribution < 1.29 is 44.7 Å². The average molecular weight is 314 g/mol. The van der Waals surface area contributed by atoms with Crippen molar-refractivity contribution in [1.82, 2.24) is 0 Å². The Bertz CT molecular complexity index is 372. The molecule has 0 aliphatic heterocycles. The molecule has 1 unspecified atom stereocenters. The molecule has 0 saturated heterocycles. The Kier molecular flexibility index (Phi) is 5.19. The molecular weight excluding hydrogens is 304 g/mol. The Hall–Kier alpha value is -1.35. The van der Waals surface area contributed by atoms with Crippen molar-refractivity contribution in [1.29, 1.82) is 0 Å². The Morgan fingerprint density at radius 1 is 1.10 bits per heavy atom. The van der Waals surface area contributed by atoms with E-state index in [4.69, 9.17) is 0 Å². The Balaban J connectivity index is 5.07. The van der Waals surface area contributed by atoms with Crippen molar-refractivity contribution in [3.8, 4) is 0 Å². The number of carbonyl (C=O) groups excluding carboxylic acids is 1. The quantitative estimate of drug-likeness (QED) is 0.425. The molecule has 0 radical (unpaired) electrons. The van der Waals surface area contributed by atoms with Gasteiger partial charge in [0.1, 0.15) is 0 Å². The van der Waals surface area contributed by atoms with Gasteiger partial charge in [-0.05, 0) is 6.92 Å². The lowest BCUT2D eigenvalue weighted by Crippen LogP contribution is -2.61. The summed E-state index contributed by atoms with van der Waals surface area (Å²) in [4.78, 5) is 10.5. The smallest absolute Gasteiger partial charge is 0.428 e. The standard InChI is InChI=1S/C10H10F8O2/c1-3-6(19)20-5-4-8(12,13)9(14,15)7(2,11)10(16,17)18/h3H,1,4-5H2,2H3. The monoisotopic (exact) mass is 314 g/mol. The van der Waals surface area contributed by atoms with E-state index in [9.17, 15) is 39.9 Å². The number of esters is 1. The summed E-state index contributed by atoms with van der Waals surface area (Å²) < 4.78 is 106. The maximum Gasteiger partial charge on any atom is 0.428 e. The van der Waals surface area contributed by atoms with Crippen molar-refractivity contribution in [3.63, 3.8) is 0 Å². The molecule has 0 N–H and O–H groups in total. The fraction of sp³-hybridized carbons (Fsp3) is 0.700. The molecule has 0 aliphatic carbocycles. The molecule has 0 bridgehead atoms. The van der Waals surface area contributed by atoms with Crippen LogP contribution in [0.5, 0.6) is 0 Å². The number of alkyl halides is 8. The molecule has 118 valence electrons. The van der Waals surface area contributed by atoms with E-state index in [0.717, 1.165) is 0 Å². The molecule has 0 saturated carbocycles. The van der Waals surface area contributed by atoms with Crippen LogP contribution in [0.2, 0.25) is 0 Å². The van der Waals surface area contributed by atoms with Crippen LogP contribution < -0.4 is 0 Å². The second-order valence-corrected chi connectivity index (χ2v) is 3.90. The van der Waals surface area contributed by atoms with Crippen LogP contribution in [0, 0.1) is 0 Å². The molecular formula is C10H10F8O2. The van der Waals surface area contributed by atoms with E-state index in [2.05, 4.69) is 11.3 Å². The molecule has 0 spiro atoms. The van der Waals surface area contributed by atoms with Gasteiger partial charge in [0.2, 0.25) is 0 Å². The molecule has 0 aromatic carbocycles. The van der Waals surface area contributed by atoms with E-state index in [1.54, 1.807) is 0 Å². The summed E-state index contributed by atoms with van der Waals surface area (Å²) in [5, 5.41) is 0. The molecule has 0 fully saturated rings. The SMILES string of the molecule is C=CC(=O)OCCC(F)(F)C(F)(F)C(C)(F)C(F)(F)F. The largest absolute Gasteiger partial charge is 0.462 e. The third kappa shape index (κ3) is 3.40. The number of hydrogen-bond acceptors (Lipinski definition) is 2. The first-order valence-corrected chi connectivity index (χ1v) is 5.01. The third-order valence-corrected chi connectivity index (χ3v) is 2.41. The third-order valence-electron chi connectivity index (χ3n) is 2.41. The van der Waals surface area contributed by atoms with Gasteiger partial charge in [0.25, 0.3) is 5.67 Å². The predicted octanol–water partition coefficient (Wildman–Crippen LogP) is 3.67. The molecule has 0 amide bonds. The second-order valence-electron chi connectivity index (χ2n) is 3.90. The summed E-state index contributed by atoms with van der Waals surface area (Å²) in [6.45, 7) is 0.875. The van der Waals surface area contributed by atoms with Crippen LogP contribution in [0.4, 0.5) is 35.1 Å². The van der Waals surface area contributed by atoms with Crippen LogP contribution in [0.1, 0.15) is 13.3 Å². The topological polar surface area (TPSA) is 26.3 Å². The Morgan fingerprint density at radius 2 is 1.55 bits per heavy atom. The highest BCUT2D eigenvalue weighted by Gasteiger charge is 2.77. The van der Waals surface area contributed by atoms with Crippen LogP contribution >= 0.6 is 0 Å². The van der Waals surface area contributed by atoms with Crippen molar-refractivity contribution in [3.05, 3.63) is 12.7 Å². The van der Waals surface area contributed by atoms with Gasteiger partial charge in [0.15, 0.2) is 0 Å². The van der Waals surface area contributed by atoms with Crippen LogP contribution in [-0.4, -0.2) is 36.3 Å². The fourth-order valence-electron chi connectivity index (χ4n) is 1.02. The molecule has 20 heavy (non-hydrogen) atoms. The minimum absolute atomic E-state index is 0.533. The highest BCUT2D eigenvalue weighted by atomic mass is 19.4. The zero-order valence-corrected chi connectivity index (χ0v) is 10.0. The fourth-order valence-corrected chi connectivity index (χ4v) is 1.02. The van der Waals surface area contributed by atoms with Crippen LogP contribution in [0.15, 0.2) is 12.7 Å². The van der Waals surface area contributed by atoms with Gasteiger partial charge < -0.3 is 4.74 Å². The van der Waals surface area contributed by atoms with Crippen LogP contribution in [0.25, 0.3) is 0 Å². The lowest BCUT2D eigenvalue weighted by molar-refractivity contribution is -0.349. The minimum atomic E-state index is -6.20. The lowest BCUT2D eigenvalue weighted by atomic mass is 9.92. The lowest BCUT2D eigenvalue weighted by Gasteiger charge is -2.36. The van der Waals surface area contributed by atoms with E-state index < -0.39 is 49.6 Å². The van der Waals surface area contributed by atoms with E-state index in [-0.39, 0.29) is 0 Å². The second kappa shape index (κ2) is 5.57. The van der Waals surface area contributed by atoms with Crippen molar-refractivity contribution in [2.45, 2.75) is 37.0 Å². The van der Waals surface area contributed by atoms with Gasteiger partial charge in [-0.2, -0.15) is 30.7 Å². The molecule has 10 heteroatoms. The van der Waals surface area contributed by atoms with E-state index >= 15 is 0 Å². The first-order chi connectivity index (χ1) is 8.70. The van der Waals surface area contributed by atoms with Gasteiger partial charge in [0.05, 0.1) is 13.0 Å². The van der Waals surface area contributed by atoms with Crippen molar-refractivity contribution in [2.75, 3.05) is 6.61 Å². The highest BCUT2D eigenvalue weighted by molar-refractivity contribution is 5.81. The summed E-state index contributed by atoms with van der Waals surface area (Å²) >= 11 is 0. The summed E-state index contributed by atoms with van der Waals surface area (Å²) in [6.07, 6.45) is -7.64. The molecule has 0 aliphatic rings. The average Bonchev–Trinajstić information content (AvgIpc) is 2.26. The molecule has 0 aromatic heterocycles. The number of halogens is 8. The summed E-state index contributed by atoms with van der Waals surface area (Å²) in [5.41, 5.74) is -5.44. The first-order valence-electron chi connectivity index (χ1n) is 5.01. The zero-order chi connectivity index (χ0) is 16.4. The maximum atomic E-state index is 13.1. The Morgan fingerprint density at radius 3 is 1.90 bits per heavy atom. The van der Waals surface area contributed by atoms with Gasteiger partial charge in [0, 0.05) is 6.08 Å². The number of ether oxygens (including phenoxy) is 1. The van der Waals surface area contributed by atoms with E-state index in [0.29, 0.717) is 6.08 Å². The van der Waals surface area contributed by atoms with Crippen LogP contribution in [-0.2, 0) is 9.53 Å². The molecule has 1 atom stereocenters. The number of carbonyl (C=O) groups is 1. The van der Waals surface area contributed by atoms with Crippen LogP contribution in [0.3, 0.4) is 0 Å². The molecule has 0 heterocycles. The van der Waals surface area contributed by atoms with E-state index in [1.165, 1.54) is 0 Å². The van der Waals surface area contributed by atoms with Gasteiger partial charge in [-0.25, -0.2) is 9.18 Å². The minimum Gasteiger partial charge on any atom is -0.462 e. The highest BCUT2D eigenvalue weighted by Crippen LogP contribution is 2.52. The summed E-state index contributed by atoms with van der Waals surface area (Å²) in [5.74, 6) is -12.6. The number of hydrogen-bond donors (Lipinski definition) is 0. The Labute approximate surface area is 108 Å². The molecule has 2 nitrogen and oxygen atoms in total. The summed E-state index contributed by atoms with van der Waals surface area (Å²) in [7, 11) is 0. The number of rotatable bonds is 6. The van der Waals surface area contributed by atoms with Gasteiger partial charge >= 0.3 is 24.0 Å². The normalized spacial score (nSPS) is 16.4. The van der Waals surface area contributed by atoms with Gasteiger partial charge in [-0.1, -0.05) is 6.58 Å². The van der Waals surface area contributed by atoms with E-state index in [1.807, 2.05) is 0 Å². The zero-order valence-electron chi connectivity index (χ0n) is 10.0. The van der Waals surface area contributed by atoms with Gasteiger partial charge in [-0.3, -0.25) is 0 Å². The summed E-state index contributed by atoms with van der Waals surface area (Å²) in [6, 6.07) is 0. The molecule has 0 rings (SSSR count). The first kappa shape index (κ1) is 18.7. The van der Waals surface area contributed by atoms with Gasteiger partial charge in [-0.15, -0.1) is 0 Å². The predicted molar refractivity (Wildman–Crippen MR) is 51.2 cm³/mol.